The molecule has 1 rings (SSSR count). The van der Waals surface area contributed by atoms with Crippen molar-refractivity contribution in [3.05, 3.63) is 34.9 Å². The van der Waals surface area contributed by atoms with Crippen molar-refractivity contribution in [3.8, 4) is 0 Å². The summed E-state index contributed by atoms with van der Waals surface area (Å²) in [5, 5.41) is 9.22. The second-order valence-corrected chi connectivity index (χ2v) is 3.41. The summed E-state index contributed by atoms with van der Waals surface area (Å²) < 4.78 is 0. The largest absolute Gasteiger partial charge is 0.393 e. The van der Waals surface area contributed by atoms with E-state index in [-0.39, 0.29) is 6.10 Å². The number of benzene rings is 1. The molecule has 0 aliphatic carbocycles. The van der Waals surface area contributed by atoms with E-state index in [9.17, 15) is 5.11 Å². The van der Waals surface area contributed by atoms with Crippen molar-refractivity contribution in [2.24, 2.45) is 0 Å². The molecule has 0 aliphatic heterocycles. The zero-order valence-corrected chi connectivity index (χ0v) is 7.96. The highest BCUT2D eigenvalue weighted by Gasteiger charge is 2.03. The van der Waals surface area contributed by atoms with E-state index in [0.717, 1.165) is 6.42 Å². The quantitative estimate of drug-likeness (QED) is 0.710. The van der Waals surface area contributed by atoms with E-state index in [2.05, 4.69) is 26.0 Å². The van der Waals surface area contributed by atoms with Crippen molar-refractivity contribution in [1.29, 1.82) is 0 Å². The Morgan fingerprint density at radius 2 is 2.00 bits per heavy atom. The fourth-order valence-corrected chi connectivity index (χ4v) is 1.35. The highest BCUT2D eigenvalue weighted by Crippen LogP contribution is 2.14. The van der Waals surface area contributed by atoms with E-state index in [1.165, 1.54) is 16.7 Å². The summed E-state index contributed by atoms with van der Waals surface area (Å²) in [7, 11) is 0. The van der Waals surface area contributed by atoms with Crippen molar-refractivity contribution in [2.75, 3.05) is 0 Å². The summed E-state index contributed by atoms with van der Waals surface area (Å²) in [5.41, 5.74) is 3.86. The number of rotatable bonds is 2. The Hall–Kier alpha value is -0.820. The molecule has 0 amide bonds. The first-order valence-electron chi connectivity index (χ1n) is 4.34. The topological polar surface area (TPSA) is 20.2 Å². The predicted molar refractivity (Wildman–Crippen MR) is 51.3 cm³/mol. The second-order valence-electron chi connectivity index (χ2n) is 3.41. The Balaban J connectivity index is 2.92. The molecule has 0 aromatic heterocycles. The van der Waals surface area contributed by atoms with Gasteiger partial charge in [0.05, 0.1) is 6.10 Å². The minimum atomic E-state index is -0.245. The molecule has 0 aliphatic rings. The maximum Gasteiger partial charge on any atom is 0.0552 e. The minimum Gasteiger partial charge on any atom is -0.393 e. The molecule has 0 radical (unpaired) electrons. The van der Waals surface area contributed by atoms with Crippen LogP contribution in [0.25, 0.3) is 0 Å². The van der Waals surface area contributed by atoms with Crippen molar-refractivity contribution < 1.29 is 5.11 Å². The smallest absolute Gasteiger partial charge is 0.0552 e. The van der Waals surface area contributed by atoms with Crippen molar-refractivity contribution in [1.82, 2.24) is 0 Å². The molecule has 0 saturated heterocycles. The first-order valence-corrected chi connectivity index (χ1v) is 4.34. The Morgan fingerprint density at radius 1 is 1.33 bits per heavy atom. The van der Waals surface area contributed by atoms with Crippen LogP contribution in [0.5, 0.6) is 0 Å². The van der Waals surface area contributed by atoms with Gasteiger partial charge in [-0.3, -0.25) is 0 Å². The summed E-state index contributed by atoms with van der Waals surface area (Å²) in [6.45, 7) is 6.02. The highest BCUT2D eigenvalue weighted by atomic mass is 16.3. The summed E-state index contributed by atoms with van der Waals surface area (Å²) in [6, 6.07) is 6.22. The summed E-state index contributed by atoms with van der Waals surface area (Å²) >= 11 is 0. The van der Waals surface area contributed by atoms with Crippen LogP contribution in [-0.2, 0) is 6.42 Å². The first kappa shape index (κ1) is 9.27. The lowest BCUT2D eigenvalue weighted by Gasteiger charge is -2.09. The van der Waals surface area contributed by atoms with Crippen LogP contribution in [0.15, 0.2) is 18.2 Å². The van der Waals surface area contributed by atoms with Gasteiger partial charge in [-0.25, -0.2) is 0 Å². The van der Waals surface area contributed by atoms with Crippen LogP contribution in [0, 0.1) is 13.8 Å². The Bertz CT molecular complexity index is 264. The summed E-state index contributed by atoms with van der Waals surface area (Å²) in [5.74, 6) is 0. The molecule has 1 nitrogen and oxygen atoms in total. The summed E-state index contributed by atoms with van der Waals surface area (Å²) in [6.07, 6.45) is 0.513. The molecule has 1 atom stereocenters. The van der Waals surface area contributed by atoms with Gasteiger partial charge in [-0.2, -0.15) is 0 Å². The maximum absolute atomic E-state index is 9.22. The van der Waals surface area contributed by atoms with Gasteiger partial charge in [-0.05, 0) is 43.9 Å². The van der Waals surface area contributed by atoms with Gasteiger partial charge in [-0.15, -0.1) is 0 Å². The molecule has 1 aromatic rings. The zero-order valence-electron chi connectivity index (χ0n) is 7.96. The van der Waals surface area contributed by atoms with Crippen LogP contribution in [0.4, 0.5) is 0 Å². The zero-order chi connectivity index (χ0) is 9.14. The second kappa shape index (κ2) is 3.72. The highest BCUT2D eigenvalue weighted by molar-refractivity contribution is 5.33. The average molecular weight is 164 g/mol. The van der Waals surface area contributed by atoms with Crippen molar-refractivity contribution in [2.45, 2.75) is 33.3 Å². The van der Waals surface area contributed by atoms with Crippen LogP contribution < -0.4 is 0 Å². The first-order chi connectivity index (χ1) is 5.61. The third-order valence-electron chi connectivity index (χ3n) is 2.23. The molecule has 12 heavy (non-hydrogen) atoms. The van der Waals surface area contributed by atoms with Gasteiger partial charge in [0, 0.05) is 0 Å². The number of aliphatic hydroxyl groups excluding tert-OH is 1. The number of aryl methyl sites for hydroxylation is 1. The monoisotopic (exact) mass is 164 g/mol. The SMILES string of the molecule is Cc1cccc(CC(C)O)c1C. The van der Waals surface area contributed by atoms with Crippen LogP contribution in [0.3, 0.4) is 0 Å². The van der Waals surface area contributed by atoms with E-state index >= 15 is 0 Å². The lowest BCUT2D eigenvalue weighted by molar-refractivity contribution is 0.195. The number of aliphatic hydroxyl groups is 1. The van der Waals surface area contributed by atoms with E-state index in [1.54, 1.807) is 0 Å². The molecule has 0 fully saturated rings. The molecule has 66 valence electrons. The number of hydrogen-bond donors (Lipinski definition) is 1. The van der Waals surface area contributed by atoms with E-state index in [0.29, 0.717) is 0 Å². The van der Waals surface area contributed by atoms with Crippen molar-refractivity contribution in [3.63, 3.8) is 0 Å². The lowest BCUT2D eigenvalue weighted by Crippen LogP contribution is -2.06. The van der Waals surface area contributed by atoms with Gasteiger partial charge >= 0.3 is 0 Å². The molecule has 1 unspecified atom stereocenters. The van der Waals surface area contributed by atoms with Gasteiger partial charge in [0.1, 0.15) is 0 Å². The average Bonchev–Trinajstić information content (AvgIpc) is 1.98. The van der Waals surface area contributed by atoms with Crippen LogP contribution in [0.1, 0.15) is 23.6 Å². The Morgan fingerprint density at radius 3 is 2.58 bits per heavy atom. The van der Waals surface area contributed by atoms with Crippen molar-refractivity contribution >= 4 is 0 Å². The third kappa shape index (κ3) is 2.08. The summed E-state index contributed by atoms with van der Waals surface area (Å²) in [4.78, 5) is 0. The fourth-order valence-electron chi connectivity index (χ4n) is 1.35. The fraction of sp³-hybridized carbons (Fsp3) is 0.455. The van der Waals surface area contributed by atoms with Gasteiger partial charge < -0.3 is 5.11 Å². The molecular weight excluding hydrogens is 148 g/mol. The Kier molecular flexibility index (Phi) is 2.88. The molecule has 0 bridgehead atoms. The maximum atomic E-state index is 9.22. The van der Waals surface area contributed by atoms with Gasteiger partial charge in [0.2, 0.25) is 0 Å². The normalized spacial score (nSPS) is 13.0. The molecule has 1 heteroatoms. The van der Waals surface area contributed by atoms with Gasteiger partial charge in [0.25, 0.3) is 0 Å². The number of hydrogen-bond acceptors (Lipinski definition) is 1. The Labute approximate surface area is 74.1 Å². The van der Waals surface area contributed by atoms with E-state index < -0.39 is 0 Å². The van der Waals surface area contributed by atoms with Gasteiger partial charge in [-0.1, -0.05) is 18.2 Å². The predicted octanol–water partition coefficient (Wildman–Crippen LogP) is 2.23. The lowest BCUT2D eigenvalue weighted by atomic mass is 9.99. The minimum absolute atomic E-state index is 0.245. The van der Waals surface area contributed by atoms with Crippen LogP contribution >= 0.6 is 0 Å². The molecule has 0 saturated carbocycles. The standard InChI is InChI=1S/C11H16O/c1-8-5-4-6-11(10(8)3)7-9(2)12/h4-6,9,12H,7H2,1-3H3. The van der Waals surface area contributed by atoms with E-state index in [1.807, 2.05) is 13.0 Å². The molecule has 1 N–H and O–H groups in total. The molecule has 1 aromatic carbocycles. The van der Waals surface area contributed by atoms with Crippen LogP contribution in [-0.4, -0.2) is 11.2 Å². The van der Waals surface area contributed by atoms with E-state index in [4.69, 9.17) is 0 Å². The van der Waals surface area contributed by atoms with Crippen LogP contribution in [0.2, 0.25) is 0 Å². The molecular formula is C11H16O. The van der Waals surface area contributed by atoms with Gasteiger partial charge in [0.15, 0.2) is 0 Å². The molecule has 0 spiro atoms. The third-order valence-corrected chi connectivity index (χ3v) is 2.23. The molecule has 0 heterocycles.